The number of rotatable bonds is 7. The van der Waals surface area contributed by atoms with Gasteiger partial charge in [-0.15, -0.1) is 11.3 Å². The molecule has 0 bridgehead atoms. The Kier molecular flexibility index (Phi) is 6.52. The Balaban J connectivity index is 1.82. The van der Waals surface area contributed by atoms with E-state index in [-0.39, 0.29) is 0 Å². The van der Waals surface area contributed by atoms with Crippen LogP contribution in [0.25, 0.3) is 10.6 Å². The summed E-state index contributed by atoms with van der Waals surface area (Å²) in [5.74, 6) is 0.503. The van der Waals surface area contributed by atoms with Crippen LogP contribution in [0.4, 0.5) is 5.95 Å². The van der Waals surface area contributed by atoms with Gasteiger partial charge in [0.1, 0.15) is 0 Å². The molecule has 0 saturated heterocycles. The summed E-state index contributed by atoms with van der Waals surface area (Å²) >= 11 is 6.86. The van der Waals surface area contributed by atoms with Crippen molar-refractivity contribution in [3.05, 3.63) is 29.8 Å². The first-order chi connectivity index (χ1) is 10.3. The second-order valence-electron chi connectivity index (χ2n) is 4.17. The minimum absolute atomic E-state index is 0.503. The van der Waals surface area contributed by atoms with Crippen molar-refractivity contribution in [2.75, 3.05) is 25.1 Å². The molecule has 0 aliphatic carbocycles. The number of hydrogen-bond donors (Lipinski definition) is 2. The van der Waals surface area contributed by atoms with Crippen LogP contribution in [-0.4, -0.2) is 34.8 Å². The zero-order valence-electron chi connectivity index (χ0n) is 11.8. The van der Waals surface area contributed by atoms with Gasteiger partial charge in [0, 0.05) is 26.0 Å². The Morgan fingerprint density at radius 3 is 3.10 bits per heavy atom. The minimum Gasteiger partial charge on any atom is -0.382 e. The number of anilines is 1. The number of aromatic nitrogens is 2. The standard InChI is InChI=1S/C14H18N4OS2/c1-2-19-9-4-7-16-14(20)18-13-15-8-6-11(17-13)12-5-3-10-21-12/h3,5-6,8,10H,2,4,7,9H2,1H3,(H2,15,16,17,18,20). The van der Waals surface area contributed by atoms with Gasteiger partial charge in [0.15, 0.2) is 5.11 Å². The first kappa shape index (κ1) is 15.8. The highest BCUT2D eigenvalue weighted by Crippen LogP contribution is 2.22. The molecule has 2 N–H and O–H groups in total. The van der Waals surface area contributed by atoms with Gasteiger partial charge in [-0.1, -0.05) is 6.07 Å². The summed E-state index contributed by atoms with van der Waals surface area (Å²) in [5, 5.41) is 8.65. The largest absolute Gasteiger partial charge is 0.382 e. The summed E-state index contributed by atoms with van der Waals surface area (Å²) in [6.07, 6.45) is 2.63. The maximum Gasteiger partial charge on any atom is 0.229 e. The van der Waals surface area contributed by atoms with Gasteiger partial charge in [-0.3, -0.25) is 0 Å². The fraction of sp³-hybridized carbons (Fsp3) is 0.357. The third-order valence-electron chi connectivity index (χ3n) is 2.61. The maximum atomic E-state index is 5.26. The van der Waals surface area contributed by atoms with Crippen molar-refractivity contribution in [3.8, 4) is 10.6 Å². The van der Waals surface area contributed by atoms with E-state index in [1.54, 1.807) is 17.5 Å². The first-order valence-electron chi connectivity index (χ1n) is 6.79. The van der Waals surface area contributed by atoms with Gasteiger partial charge >= 0.3 is 0 Å². The Hall–Kier alpha value is -1.57. The Morgan fingerprint density at radius 2 is 2.33 bits per heavy atom. The molecule has 0 aromatic carbocycles. The third-order valence-corrected chi connectivity index (χ3v) is 3.75. The van der Waals surface area contributed by atoms with E-state index in [1.165, 1.54) is 0 Å². The zero-order chi connectivity index (χ0) is 14.9. The van der Waals surface area contributed by atoms with E-state index in [4.69, 9.17) is 17.0 Å². The van der Waals surface area contributed by atoms with E-state index in [0.29, 0.717) is 11.1 Å². The molecule has 112 valence electrons. The van der Waals surface area contributed by atoms with Gasteiger partial charge in [0.05, 0.1) is 10.6 Å². The SMILES string of the molecule is CCOCCCNC(=S)Nc1nccc(-c2cccs2)n1. The zero-order valence-corrected chi connectivity index (χ0v) is 13.5. The summed E-state index contributed by atoms with van der Waals surface area (Å²) in [4.78, 5) is 9.73. The van der Waals surface area contributed by atoms with E-state index in [0.717, 1.165) is 36.8 Å². The summed E-state index contributed by atoms with van der Waals surface area (Å²) in [6, 6.07) is 5.91. The van der Waals surface area contributed by atoms with Crippen molar-refractivity contribution in [1.29, 1.82) is 0 Å². The van der Waals surface area contributed by atoms with Crippen LogP contribution < -0.4 is 10.6 Å². The van der Waals surface area contributed by atoms with Crippen LogP contribution in [0.1, 0.15) is 13.3 Å². The van der Waals surface area contributed by atoms with Crippen LogP contribution in [0, 0.1) is 0 Å². The molecule has 0 atom stereocenters. The lowest BCUT2D eigenvalue weighted by molar-refractivity contribution is 0.146. The Labute approximate surface area is 133 Å². The third kappa shape index (κ3) is 5.37. The molecule has 2 aromatic heterocycles. The van der Waals surface area contributed by atoms with E-state index in [2.05, 4.69) is 20.6 Å². The molecule has 0 aliphatic rings. The Bertz CT molecular complexity index is 560. The van der Waals surface area contributed by atoms with Crippen LogP contribution in [0.2, 0.25) is 0 Å². The lowest BCUT2D eigenvalue weighted by atomic mass is 10.3. The molecule has 5 nitrogen and oxygen atoms in total. The summed E-state index contributed by atoms with van der Waals surface area (Å²) in [6.45, 7) is 4.22. The predicted octanol–water partition coefficient (Wildman–Crippen LogP) is 2.92. The lowest BCUT2D eigenvalue weighted by Gasteiger charge is -2.09. The van der Waals surface area contributed by atoms with Crippen LogP contribution in [0.5, 0.6) is 0 Å². The van der Waals surface area contributed by atoms with Crippen molar-refractivity contribution < 1.29 is 4.74 Å². The molecular weight excluding hydrogens is 304 g/mol. The second-order valence-corrected chi connectivity index (χ2v) is 5.53. The summed E-state index contributed by atoms with van der Waals surface area (Å²) in [5.41, 5.74) is 0.890. The fourth-order valence-electron chi connectivity index (χ4n) is 1.65. The molecule has 0 radical (unpaired) electrons. The highest BCUT2D eigenvalue weighted by Gasteiger charge is 2.04. The van der Waals surface area contributed by atoms with Crippen molar-refractivity contribution in [1.82, 2.24) is 15.3 Å². The number of thiophene rings is 1. The van der Waals surface area contributed by atoms with E-state index in [1.807, 2.05) is 30.5 Å². The van der Waals surface area contributed by atoms with Crippen LogP contribution in [0.3, 0.4) is 0 Å². The monoisotopic (exact) mass is 322 g/mol. The average Bonchev–Trinajstić information content (AvgIpc) is 3.01. The quantitative estimate of drug-likeness (QED) is 0.604. The number of nitrogens with zero attached hydrogens (tertiary/aromatic N) is 2. The normalized spacial score (nSPS) is 10.3. The molecule has 0 aliphatic heterocycles. The summed E-state index contributed by atoms with van der Waals surface area (Å²) in [7, 11) is 0. The molecule has 2 rings (SSSR count). The smallest absolute Gasteiger partial charge is 0.229 e. The molecule has 21 heavy (non-hydrogen) atoms. The van der Waals surface area contributed by atoms with Crippen LogP contribution in [0.15, 0.2) is 29.8 Å². The molecule has 2 heterocycles. The van der Waals surface area contributed by atoms with Crippen molar-refractivity contribution in [3.63, 3.8) is 0 Å². The molecule has 7 heteroatoms. The fourth-order valence-corrected chi connectivity index (χ4v) is 2.54. The molecule has 0 fully saturated rings. The van der Waals surface area contributed by atoms with Gasteiger partial charge in [-0.25, -0.2) is 9.97 Å². The molecule has 0 saturated carbocycles. The van der Waals surface area contributed by atoms with Crippen LogP contribution >= 0.6 is 23.6 Å². The van der Waals surface area contributed by atoms with E-state index >= 15 is 0 Å². The van der Waals surface area contributed by atoms with Crippen LogP contribution in [-0.2, 0) is 4.74 Å². The number of nitrogens with one attached hydrogen (secondary N) is 2. The second kappa shape index (κ2) is 8.66. The van der Waals surface area contributed by atoms with Crippen molar-refractivity contribution in [2.45, 2.75) is 13.3 Å². The van der Waals surface area contributed by atoms with Gasteiger partial charge in [-0.05, 0) is 43.1 Å². The topological polar surface area (TPSA) is 59.1 Å². The van der Waals surface area contributed by atoms with E-state index < -0.39 is 0 Å². The van der Waals surface area contributed by atoms with Gasteiger partial charge in [0.25, 0.3) is 0 Å². The van der Waals surface area contributed by atoms with Gasteiger partial charge in [-0.2, -0.15) is 0 Å². The number of hydrogen-bond acceptors (Lipinski definition) is 5. The number of ether oxygens (including phenoxy) is 1. The van der Waals surface area contributed by atoms with Gasteiger partial charge in [0.2, 0.25) is 5.95 Å². The molecule has 0 spiro atoms. The maximum absolute atomic E-state index is 5.26. The molecule has 0 amide bonds. The van der Waals surface area contributed by atoms with Crippen molar-refractivity contribution in [2.24, 2.45) is 0 Å². The van der Waals surface area contributed by atoms with E-state index in [9.17, 15) is 0 Å². The van der Waals surface area contributed by atoms with Crippen molar-refractivity contribution >= 4 is 34.6 Å². The minimum atomic E-state index is 0.503. The highest BCUT2D eigenvalue weighted by atomic mass is 32.1. The Morgan fingerprint density at radius 1 is 1.43 bits per heavy atom. The molecule has 2 aromatic rings. The predicted molar refractivity (Wildman–Crippen MR) is 90.7 cm³/mol. The number of thiocarbonyl (C=S) groups is 1. The molecular formula is C14H18N4OS2. The summed E-state index contributed by atoms with van der Waals surface area (Å²) < 4.78 is 5.26. The highest BCUT2D eigenvalue weighted by molar-refractivity contribution is 7.80. The van der Waals surface area contributed by atoms with Gasteiger partial charge < -0.3 is 15.4 Å². The molecule has 0 unspecified atom stereocenters. The lowest BCUT2D eigenvalue weighted by Crippen LogP contribution is -2.30. The average molecular weight is 322 g/mol. The first-order valence-corrected chi connectivity index (χ1v) is 8.08.